The van der Waals surface area contributed by atoms with E-state index < -0.39 is 5.60 Å². The lowest BCUT2D eigenvalue weighted by Gasteiger charge is -2.32. The van der Waals surface area contributed by atoms with Gasteiger partial charge in [-0.3, -0.25) is 0 Å². The molecule has 1 aromatic rings. The average Bonchev–Trinajstić information content (AvgIpc) is 2.38. The van der Waals surface area contributed by atoms with E-state index in [1.807, 2.05) is 25.1 Å². The molecule has 0 saturated heterocycles. The van der Waals surface area contributed by atoms with Crippen molar-refractivity contribution in [2.24, 2.45) is 0 Å². The maximum atomic E-state index is 10.4. The van der Waals surface area contributed by atoms with E-state index in [2.05, 4.69) is 0 Å². The molecule has 2 rings (SSSR count). The number of benzene rings is 1. The third-order valence-corrected chi connectivity index (χ3v) is 3.73. The summed E-state index contributed by atoms with van der Waals surface area (Å²) in [6.07, 6.45) is 4.97. The Morgan fingerprint density at radius 3 is 2.61 bits per heavy atom. The molecular formula is C15H22O3. The van der Waals surface area contributed by atoms with Crippen molar-refractivity contribution >= 4 is 0 Å². The van der Waals surface area contributed by atoms with E-state index in [0.717, 1.165) is 42.6 Å². The predicted octanol–water partition coefficient (Wildman–Crippen LogP) is 2.56. The third kappa shape index (κ3) is 3.03. The van der Waals surface area contributed by atoms with Crippen molar-refractivity contribution < 1.29 is 14.9 Å². The van der Waals surface area contributed by atoms with Gasteiger partial charge < -0.3 is 14.9 Å². The molecule has 1 saturated carbocycles. The van der Waals surface area contributed by atoms with Crippen molar-refractivity contribution in [3.63, 3.8) is 0 Å². The van der Waals surface area contributed by atoms with Crippen LogP contribution < -0.4 is 4.74 Å². The van der Waals surface area contributed by atoms with Gasteiger partial charge >= 0.3 is 0 Å². The molecule has 0 spiro atoms. The minimum Gasteiger partial charge on any atom is -0.490 e. The third-order valence-electron chi connectivity index (χ3n) is 3.73. The summed E-state index contributed by atoms with van der Waals surface area (Å²) < 4.78 is 5.79. The summed E-state index contributed by atoms with van der Waals surface area (Å²) in [5, 5.41) is 19.7. The van der Waals surface area contributed by atoms with Crippen LogP contribution in [0.2, 0.25) is 0 Å². The van der Waals surface area contributed by atoms with Crippen molar-refractivity contribution in [2.75, 3.05) is 6.61 Å². The van der Waals surface area contributed by atoms with Crippen molar-refractivity contribution in [1.82, 2.24) is 0 Å². The second-order valence-electron chi connectivity index (χ2n) is 5.29. The van der Waals surface area contributed by atoms with Crippen LogP contribution in [0.4, 0.5) is 0 Å². The van der Waals surface area contributed by atoms with Gasteiger partial charge in [0.15, 0.2) is 0 Å². The highest BCUT2D eigenvalue weighted by atomic mass is 16.5. The molecule has 0 aliphatic heterocycles. The van der Waals surface area contributed by atoms with Gasteiger partial charge in [-0.2, -0.15) is 0 Å². The zero-order valence-electron chi connectivity index (χ0n) is 11.0. The molecule has 0 radical (unpaired) electrons. The number of ether oxygens (including phenoxy) is 1. The summed E-state index contributed by atoms with van der Waals surface area (Å²) in [6.45, 7) is 2.25. The fraction of sp³-hybridized carbons (Fsp3) is 0.600. The summed E-state index contributed by atoms with van der Waals surface area (Å²) >= 11 is 0. The molecule has 2 N–H and O–H groups in total. The second kappa shape index (κ2) is 5.72. The minimum absolute atomic E-state index is 0.0323. The van der Waals surface area contributed by atoms with Crippen LogP contribution >= 0.6 is 0 Å². The number of hydrogen-bond acceptors (Lipinski definition) is 3. The lowest BCUT2D eigenvalue weighted by molar-refractivity contribution is -0.0344. The van der Waals surface area contributed by atoms with E-state index in [4.69, 9.17) is 4.74 Å². The highest BCUT2D eigenvalue weighted by molar-refractivity contribution is 5.40. The Hall–Kier alpha value is -1.06. The summed E-state index contributed by atoms with van der Waals surface area (Å²) in [5.74, 6) is 0.721. The van der Waals surface area contributed by atoms with Crippen molar-refractivity contribution in [3.05, 3.63) is 29.3 Å². The zero-order valence-corrected chi connectivity index (χ0v) is 11.0. The fourth-order valence-electron chi connectivity index (χ4n) is 2.61. The zero-order chi connectivity index (χ0) is 13.0. The molecule has 0 unspecified atom stereocenters. The first-order valence-corrected chi connectivity index (χ1v) is 6.69. The average molecular weight is 250 g/mol. The van der Waals surface area contributed by atoms with Crippen LogP contribution in [-0.4, -0.2) is 22.4 Å². The summed E-state index contributed by atoms with van der Waals surface area (Å²) in [4.78, 5) is 0. The van der Waals surface area contributed by atoms with Crippen LogP contribution in [0, 0.1) is 6.92 Å². The van der Waals surface area contributed by atoms with Gasteiger partial charge in [-0.25, -0.2) is 0 Å². The fourth-order valence-corrected chi connectivity index (χ4v) is 2.61. The number of aliphatic hydroxyl groups is 2. The van der Waals surface area contributed by atoms with Gasteiger partial charge in [0.25, 0.3) is 0 Å². The van der Waals surface area contributed by atoms with Crippen molar-refractivity contribution in [3.8, 4) is 5.75 Å². The standard InChI is InChI=1S/C15H22O3/c1-12-6-5-7-13(10-16)14(12)18-11-15(17)8-3-2-4-9-15/h5-7,16-17H,2-4,8-11H2,1H3. The molecule has 0 aromatic heterocycles. The Bertz CT molecular complexity index is 395. The molecule has 1 fully saturated rings. The van der Waals surface area contributed by atoms with Gasteiger partial charge in [0.1, 0.15) is 12.4 Å². The molecule has 0 bridgehead atoms. The smallest absolute Gasteiger partial charge is 0.127 e. The van der Waals surface area contributed by atoms with Gasteiger partial charge in [-0.05, 0) is 25.3 Å². The van der Waals surface area contributed by atoms with Crippen LogP contribution in [0.15, 0.2) is 18.2 Å². The number of aliphatic hydroxyl groups excluding tert-OH is 1. The largest absolute Gasteiger partial charge is 0.490 e. The normalized spacial score (nSPS) is 18.6. The van der Waals surface area contributed by atoms with Crippen molar-refractivity contribution in [1.29, 1.82) is 0 Å². The van der Waals surface area contributed by atoms with E-state index >= 15 is 0 Å². The first-order chi connectivity index (χ1) is 8.64. The molecule has 1 aromatic carbocycles. The van der Waals surface area contributed by atoms with Crippen LogP contribution in [0.1, 0.15) is 43.2 Å². The molecule has 0 atom stereocenters. The number of aryl methyl sites for hydroxylation is 1. The second-order valence-corrected chi connectivity index (χ2v) is 5.29. The highest BCUT2D eigenvalue weighted by Crippen LogP contribution is 2.30. The van der Waals surface area contributed by atoms with Gasteiger partial charge in [0.2, 0.25) is 0 Å². The molecular weight excluding hydrogens is 228 g/mol. The first kappa shape index (κ1) is 13.4. The topological polar surface area (TPSA) is 49.7 Å². The van der Waals surface area contributed by atoms with Gasteiger partial charge in [-0.15, -0.1) is 0 Å². The van der Waals surface area contributed by atoms with Gasteiger partial charge in [0, 0.05) is 5.56 Å². The van der Waals surface area contributed by atoms with Crippen LogP contribution in [-0.2, 0) is 6.61 Å². The van der Waals surface area contributed by atoms with Gasteiger partial charge in [-0.1, -0.05) is 37.5 Å². The monoisotopic (exact) mass is 250 g/mol. The maximum Gasteiger partial charge on any atom is 0.127 e. The van der Waals surface area contributed by atoms with E-state index in [-0.39, 0.29) is 6.61 Å². The SMILES string of the molecule is Cc1cccc(CO)c1OCC1(O)CCCCC1. The number of hydrogen-bond donors (Lipinski definition) is 2. The predicted molar refractivity (Wildman–Crippen MR) is 70.6 cm³/mol. The lowest BCUT2D eigenvalue weighted by Crippen LogP contribution is -2.38. The molecule has 1 aliphatic rings. The summed E-state index contributed by atoms with van der Waals surface area (Å²) in [7, 11) is 0. The summed E-state index contributed by atoms with van der Waals surface area (Å²) in [6, 6.07) is 5.72. The molecule has 0 amide bonds. The van der Waals surface area contributed by atoms with E-state index in [1.165, 1.54) is 6.42 Å². The van der Waals surface area contributed by atoms with Crippen LogP contribution in [0.25, 0.3) is 0 Å². The van der Waals surface area contributed by atoms with Crippen LogP contribution in [0.5, 0.6) is 5.75 Å². The first-order valence-electron chi connectivity index (χ1n) is 6.69. The Labute approximate surface area is 108 Å². The maximum absolute atomic E-state index is 10.4. The van der Waals surface area contributed by atoms with E-state index in [1.54, 1.807) is 0 Å². The Kier molecular flexibility index (Phi) is 4.25. The molecule has 1 aliphatic carbocycles. The Balaban J connectivity index is 2.05. The molecule has 3 heteroatoms. The summed E-state index contributed by atoms with van der Waals surface area (Å²) in [5.41, 5.74) is 1.10. The Morgan fingerprint density at radius 2 is 1.94 bits per heavy atom. The quantitative estimate of drug-likeness (QED) is 0.863. The van der Waals surface area contributed by atoms with Gasteiger partial charge in [0.05, 0.1) is 12.2 Å². The molecule has 0 heterocycles. The van der Waals surface area contributed by atoms with Crippen molar-refractivity contribution in [2.45, 2.75) is 51.2 Å². The molecule has 18 heavy (non-hydrogen) atoms. The lowest BCUT2D eigenvalue weighted by atomic mass is 9.85. The van der Waals surface area contributed by atoms with Crippen LogP contribution in [0.3, 0.4) is 0 Å². The number of para-hydroxylation sites is 1. The Morgan fingerprint density at radius 1 is 1.22 bits per heavy atom. The molecule has 3 nitrogen and oxygen atoms in total. The van der Waals surface area contributed by atoms with E-state index in [9.17, 15) is 10.2 Å². The minimum atomic E-state index is -0.687. The molecule has 100 valence electrons. The van der Waals surface area contributed by atoms with E-state index in [0.29, 0.717) is 6.61 Å². The highest BCUT2D eigenvalue weighted by Gasteiger charge is 2.30. The number of rotatable bonds is 4.